The predicted molar refractivity (Wildman–Crippen MR) is 73.1 cm³/mol. The van der Waals surface area contributed by atoms with Crippen molar-refractivity contribution in [1.82, 2.24) is 9.88 Å². The minimum absolute atomic E-state index is 0.0948. The lowest BCUT2D eigenvalue weighted by Crippen LogP contribution is -2.29. The average molecular weight is 268 g/mol. The number of pyridine rings is 1. The quantitative estimate of drug-likeness (QED) is 0.892. The van der Waals surface area contributed by atoms with Gasteiger partial charge in [-0.05, 0) is 31.4 Å². The summed E-state index contributed by atoms with van der Waals surface area (Å²) in [5, 5.41) is 3.57. The number of carbonyl (C=O) groups is 1. The zero-order valence-electron chi connectivity index (χ0n) is 10.7. The second-order valence-electron chi connectivity index (χ2n) is 4.60. The molecular formula is C13H18ClN3O. The molecule has 2 rings (SSSR count). The van der Waals surface area contributed by atoms with E-state index in [1.165, 1.54) is 0 Å². The summed E-state index contributed by atoms with van der Waals surface area (Å²) in [5.41, 5.74) is 0.340. The number of nitrogens with one attached hydrogen (secondary N) is 1. The van der Waals surface area contributed by atoms with Crippen LogP contribution in [0.15, 0.2) is 12.1 Å². The van der Waals surface area contributed by atoms with Gasteiger partial charge in [0.15, 0.2) is 0 Å². The van der Waals surface area contributed by atoms with E-state index in [1.54, 1.807) is 17.0 Å². The second-order valence-corrected chi connectivity index (χ2v) is 5.01. The third kappa shape index (κ3) is 2.93. The van der Waals surface area contributed by atoms with Crippen molar-refractivity contribution in [2.45, 2.75) is 32.2 Å². The van der Waals surface area contributed by atoms with E-state index in [4.69, 9.17) is 11.6 Å². The van der Waals surface area contributed by atoms with Crippen molar-refractivity contribution < 1.29 is 4.79 Å². The molecule has 0 aromatic carbocycles. The van der Waals surface area contributed by atoms with Crippen LogP contribution in [0.1, 0.15) is 36.7 Å². The summed E-state index contributed by atoms with van der Waals surface area (Å²) in [6.07, 6.45) is 3.16. The highest BCUT2D eigenvalue weighted by molar-refractivity contribution is 6.33. The summed E-state index contributed by atoms with van der Waals surface area (Å²) >= 11 is 6.06. The Morgan fingerprint density at radius 3 is 2.89 bits per heavy atom. The first kappa shape index (κ1) is 13.1. The minimum Gasteiger partial charge on any atom is -0.370 e. The van der Waals surface area contributed by atoms with E-state index < -0.39 is 0 Å². The van der Waals surface area contributed by atoms with Crippen molar-refractivity contribution in [2.75, 3.05) is 18.9 Å². The van der Waals surface area contributed by atoms with Gasteiger partial charge in [0.2, 0.25) is 0 Å². The van der Waals surface area contributed by atoms with E-state index in [9.17, 15) is 4.79 Å². The molecule has 4 nitrogen and oxygen atoms in total. The molecule has 18 heavy (non-hydrogen) atoms. The molecule has 98 valence electrons. The molecule has 1 aliphatic rings. The maximum Gasteiger partial charge on any atom is 0.274 e. The molecule has 1 fully saturated rings. The smallest absolute Gasteiger partial charge is 0.274 e. The van der Waals surface area contributed by atoms with Crippen LogP contribution in [0.4, 0.5) is 5.82 Å². The molecule has 0 radical (unpaired) electrons. The summed E-state index contributed by atoms with van der Waals surface area (Å²) in [6.45, 7) is 2.91. The van der Waals surface area contributed by atoms with Crippen LogP contribution in [0.5, 0.6) is 0 Å². The average Bonchev–Trinajstić information content (AvgIpc) is 3.20. The number of anilines is 1. The molecule has 0 unspecified atom stereocenters. The Bertz CT molecular complexity index is 446. The summed E-state index contributed by atoms with van der Waals surface area (Å²) in [5.74, 6) is 0.608. The van der Waals surface area contributed by atoms with E-state index in [0.29, 0.717) is 22.6 Å². The molecule has 1 aromatic heterocycles. The molecular weight excluding hydrogens is 250 g/mol. The first-order valence-corrected chi connectivity index (χ1v) is 6.69. The number of halogens is 1. The lowest BCUT2D eigenvalue weighted by molar-refractivity contribution is 0.0779. The number of hydrogen-bond acceptors (Lipinski definition) is 3. The highest BCUT2D eigenvalue weighted by atomic mass is 35.5. The number of amides is 1. The van der Waals surface area contributed by atoms with Crippen molar-refractivity contribution in [3.63, 3.8) is 0 Å². The maximum absolute atomic E-state index is 12.2. The molecule has 1 heterocycles. The van der Waals surface area contributed by atoms with Crippen LogP contribution in [0.2, 0.25) is 5.02 Å². The molecule has 1 aliphatic carbocycles. The van der Waals surface area contributed by atoms with Crippen molar-refractivity contribution >= 4 is 23.3 Å². The highest BCUT2D eigenvalue weighted by Gasteiger charge is 2.31. The fourth-order valence-electron chi connectivity index (χ4n) is 1.74. The van der Waals surface area contributed by atoms with Crippen molar-refractivity contribution in [1.29, 1.82) is 0 Å². The van der Waals surface area contributed by atoms with Gasteiger partial charge in [0.25, 0.3) is 5.91 Å². The largest absolute Gasteiger partial charge is 0.370 e. The Labute approximate surface area is 112 Å². The standard InChI is InChI=1S/C13H18ClN3O/c1-3-8-15-11-7-6-10(14)12(16-11)13(18)17(2)9-4-5-9/h6-7,9H,3-5,8H2,1-2H3,(H,15,16). The fourth-order valence-corrected chi connectivity index (χ4v) is 1.92. The Morgan fingerprint density at radius 1 is 1.56 bits per heavy atom. The van der Waals surface area contributed by atoms with Crippen LogP contribution >= 0.6 is 11.6 Å². The topological polar surface area (TPSA) is 45.2 Å². The van der Waals surface area contributed by atoms with Gasteiger partial charge < -0.3 is 10.2 Å². The van der Waals surface area contributed by atoms with Crippen molar-refractivity contribution in [2.24, 2.45) is 0 Å². The summed E-state index contributed by atoms with van der Waals surface area (Å²) < 4.78 is 0. The molecule has 0 bridgehead atoms. The van der Waals surface area contributed by atoms with Crippen LogP contribution in [0.3, 0.4) is 0 Å². The van der Waals surface area contributed by atoms with Crippen LogP contribution < -0.4 is 5.32 Å². The summed E-state index contributed by atoms with van der Waals surface area (Å²) in [6, 6.07) is 3.88. The highest BCUT2D eigenvalue weighted by Crippen LogP contribution is 2.28. The van der Waals surface area contributed by atoms with Gasteiger partial charge in [-0.1, -0.05) is 18.5 Å². The number of aromatic nitrogens is 1. The molecule has 0 aliphatic heterocycles. The van der Waals surface area contributed by atoms with E-state index in [2.05, 4.69) is 17.2 Å². The first-order chi connectivity index (χ1) is 8.63. The second kappa shape index (κ2) is 5.57. The number of rotatable bonds is 5. The van der Waals surface area contributed by atoms with Gasteiger partial charge in [-0.3, -0.25) is 4.79 Å². The normalized spacial score (nSPS) is 14.4. The van der Waals surface area contributed by atoms with E-state index in [1.807, 2.05) is 7.05 Å². The Hall–Kier alpha value is -1.29. The SMILES string of the molecule is CCCNc1ccc(Cl)c(C(=O)N(C)C2CC2)n1. The predicted octanol–water partition coefficient (Wildman–Crippen LogP) is 2.79. The van der Waals surface area contributed by atoms with E-state index in [0.717, 1.165) is 25.8 Å². The number of nitrogens with zero attached hydrogens (tertiary/aromatic N) is 2. The third-order valence-electron chi connectivity index (χ3n) is 3.02. The van der Waals surface area contributed by atoms with Gasteiger partial charge in [-0.25, -0.2) is 4.98 Å². The van der Waals surface area contributed by atoms with Crippen LogP contribution in [0, 0.1) is 0 Å². The van der Waals surface area contributed by atoms with Crippen LogP contribution in [0.25, 0.3) is 0 Å². The van der Waals surface area contributed by atoms with Gasteiger partial charge in [0.1, 0.15) is 11.5 Å². The van der Waals surface area contributed by atoms with Gasteiger partial charge in [0, 0.05) is 19.6 Å². The Balaban J connectivity index is 2.16. The minimum atomic E-state index is -0.0948. The number of carbonyl (C=O) groups excluding carboxylic acids is 1. The summed E-state index contributed by atoms with van der Waals surface area (Å²) in [4.78, 5) is 18.3. The number of hydrogen-bond donors (Lipinski definition) is 1. The molecule has 0 spiro atoms. The third-order valence-corrected chi connectivity index (χ3v) is 3.32. The summed E-state index contributed by atoms with van der Waals surface area (Å²) in [7, 11) is 1.81. The van der Waals surface area contributed by atoms with Gasteiger partial charge >= 0.3 is 0 Å². The van der Waals surface area contributed by atoms with Crippen molar-refractivity contribution in [3.8, 4) is 0 Å². The molecule has 1 aromatic rings. The molecule has 0 atom stereocenters. The molecule has 1 amide bonds. The van der Waals surface area contributed by atoms with E-state index >= 15 is 0 Å². The zero-order valence-corrected chi connectivity index (χ0v) is 11.5. The van der Waals surface area contributed by atoms with Gasteiger partial charge in [0.05, 0.1) is 5.02 Å². The van der Waals surface area contributed by atoms with Gasteiger partial charge in [-0.2, -0.15) is 0 Å². The molecule has 5 heteroatoms. The monoisotopic (exact) mass is 267 g/mol. The fraction of sp³-hybridized carbons (Fsp3) is 0.538. The van der Waals surface area contributed by atoms with E-state index in [-0.39, 0.29) is 5.91 Å². The van der Waals surface area contributed by atoms with Gasteiger partial charge in [-0.15, -0.1) is 0 Å². The molecule has 1 N–H and O–H groups in total. The lowest BCUT2D eigenvalue weighted by Gasteiger charge is -2.17. The Morgan fingerprint density at radius 2 is 2.28 bits per heavy atom. The van der Waals surface area contributed by atoms with Crippen molar-refractivity contribution in [3.05, 3.63) is 22.8 Å². The zero-order chi connectivity index (χ0) is 13.1. The first-order valence-electron chi connectivity index (χ1n) is 6.31. The van der Waals surface area contributed by atoms with Crippen LogP contribution in [-0.4, -0.2) is 35.4 Å². The van der Waals surface area contributed by atoms with Crippen LogP contribution in [-0.2, 0) is 0 Å². The molecule has 1 saturated carbocycles. The lowest BCUT2D eigenvalue weighted by atomic mass is 10.3. The molecule has 0 saturated heterocycles. The maximum atomic E-state index is 12.2. The Kier molecular flexibility index (Phi) is 4.07.